The predicted molar refractivity (Wildman–Crippen MR) is 89.4 cm³/mol. The summed E-state index contributed by atoms with van der Waals surface area (Å²) in [5.41, 5.74) is 0.834. The highest BCUT2D eigenvalue weighted by Crippen LogP contribution is 2.25. The summed E-state index contributed by atoms with van der Waals surface area (Å²) in [5.74, 6) is 0.504. The largest absolute Gasteiger partial charge is 0.346 e. The normalized spacial score (nSPS) is 13.4. The van der Waals surface area contributed by atoms with E-state index in [0.29, 0.717) is 5.75 Å². The van der Waals surface area contributed by atoms with Gasteiger partial charge in [0.1, 0.15) is 0 Å². The van der Waals surface area contributed by atoms with Crippen LogP contribution in [0.15, 0.2) is 65.6 Å². The summed E-state index contributed by atoms with van der Waals surface area (Å²) in [5, 5.41) is 3.17. The van der Waals surface area contributed by atoms with Crippen molar-refractivity contribution in [3.8, 4) is 0 Å². The summed E-state index contributed by atoms with van der Waals surface area (Å²) >= 11 is 1.56. The van der Waals surface area contributed by atoms with Crippen LogP contribution >= 0.6 is 11.8 Å². The number of amides is 1. The zero-order valence-electron chi connectivity index (χ0n) is 12.5. The lowest BCUT2D eigenvalue weighted by Crippen LogP contribution is -2.43. The van der Waals surface area contributed by atoms with Crippen LogP contribution in [0.4, 0.5) is 0 Å². The third-order valence-electron chi connectivity index (χ3n) is 3.65. The summed E-state index contributed by atoms with van der Waals surface area (Å²) in [6, 6.07) is 20.1. The van der Waals surface area contributed by atoms with Gasteiger partial charge in [-0.05, 0) is 31.0 Å². The first-order valence-corrected chi connectivity index (χ1v) is 8.17. The minimum Gasteiger partial charge on any atom is -0.346 e. The highest BCUT2D eigenvalue weighted by Gasteiger charge is 2.26. The zero-order valence-corrected chi connectivity index (χ0v) is 13.3. The van der Waals surface area contributed by atoms with Crippen molar-refractivity contribution in [1.29, 1.82) is 0 Å². The van der Waals surface area contributed by atoms with Crippen LogP contribution < -0.4 is 5.32 Å². The molecule has 110 valence electrons. The number of nitrogens with one attached hydrogen (secondary N) is 1. The van der Waals surface area contributed by atoms with E-state index in [1.165, 1.54) is 0 Å². The van der Waals surface area contributed by atoms with Crippen LogP contribution in [-0.4, -0.2) is 11.7 Å². The molecule has 0 saturated heterocycles. The van der Waals surface area contributed by atoms with Gasteiger partial charge in [0.25, 0.3) is 0 Å². The van der Waals surface area contributed by atoms with E-state index < -0.39 is 0 Å². The third kappa shape index (κ3) is 4.36. The fourth-order valence-corrected chi connectivity index (χ4v) is 2.90. The molecule has 0 heterocycles. The molecular weight excluding hydrogens is 278 g/mol. The van der Waals surface area contributed by atoms with E-state index in [1.807, 2.05) is 48.5 Å². The molecule has 1 unspecified atom stereocenters. The number of carbonyl (C=O) groups is 1. The SMILES string of the molecule is CCC(C)(NC(=O)CSc1ccccc1)c1ccccc1. The van der Waals surface area contributed by atoms with E-state index in [-0.39, 0.29) is 11.4 Å². The van der Waals surface area contributed by atoms with Crippen molar-refractivity contribution >= 4 is 17.7 Å². The molecule has 2 rings (SSSR count). The molecule has 1 atom stereocenters. The van der Waals surface area contributed by atoms with Crippen molar-refractivity contribution < 1.29 is 4.79 Å². The number of hydrogen-bond acceptors (Lipinski definition) is 2. The highest BCUT2D eigenvalue weighted by molar-refractivity contribution is 8.00. The monoisotopic (exact) mass is 299 g/mol. The van der Waals surface area contributed by atoms with Gasteiger partial charge in [-0.15, -0.1) is 11.8 Å². The molecule has 0 radical (unpaired) electrons. The summed E-state index contributed by atoms with van der Waals surface area (Å²) in [6.45, 7) is 4.17. The molecule has 2 aromatic carbocycles. The average Bonchev–Trinajstić information content (AvgIpc) is 2.54. The summed E-state index contributed by atoms with van der Waals surface area (Å²) < 4.78 is 0. The molecule has 0 aliphatic carbocycles. The summed E-state index contributed by atoms with van der Waals surface area (Å²) in [4.78, 5) is 13.3. The molecule has 0 aromatic heterocycles. The number of rotatable bonds is 6. The number of benzene rings is 2. The van der Waals surface area contributed by atoms with Crippen molar-refractivity contribution in [3.63, 3.8) is 0 Å². The Kier molecular flexibility index (Phi) is 5.45. The van der Waals surface area contributed by atoms with Crippen molar-refractivity contribution in [3.05, 3.63) is 66.2 Å². The van der Waals surface area contributed by atoms with Gasteiger partial charge in [0.2, 0.25) is 5.91 Å². The van der Waals surface area contributed by atoms with Gasteiger partial charge < -0.3 is 5.32 Å². The van der Waals surface area contributed by atoms with Crippen LogP contribution in [0.1, 0.15) is 25.8 Å². The summed E-state index contributed by atoms with van der Waals surface area (Å²) in [6.07, 6.45) is 0.860. The molecule has 1 amide bonds. The molecule has 0 bridgehead atoms. The molecule has 0 aliphatic rings. The van der Waals surface area contributed by atoms with E-state index in [0.717, 1.165) is 16.9 Å². The molecule has 0 saturated carbocycles. The highest BCUT2D eigenvalue weighted by atomic mass is 32.2. The van der Waals surface area contributed by atoms with Crippen molar-refractivity contribution in [1.82, 2.24) is 5.32 Å². The molecule has 1 N–H and O–H groups in total. The van der Waals surface area contributed by atoms with Crippen LogP contribution in [0.3, 0.4) is 0 Å². The fraction of sp³-hybridized carbons (Fsp3) is 0.278. The van der Waals surface area contributed by atoms with E-state index in [1.54, 1.807) is 11.8 Å². The minimum atomic E-state index is -0.310. The third-order valence-corrected chi connectivity index (χ3v) is 4.66. The van der Waals surface area contributed by atoms with Crippen LogP contribution in [0, 0.1) is 0 Å². The Labute approximate surface area is 131 Å². The lowest BCUT2D eigenvalue weighted by Gasteiger charge is -2.30. The van der Waals surface area contributed by atoms with Crippen LogP contribution in [0.2, 0.25) is 0 Å². The van der Waals surface area contributed by atoms with Gasteiger partial charge in [-0.2, -0.15) is 0 Å². The summed E-state index contributed by atoms with van der Waals surface area (Å²) in [7, 11) is 0. The quantitative estimate of drug-likeness (QED) is 0.809. The minimum absolute atomic E-state index is 0.0667. The van der Waals surface area contributed by atoms with Gasteiger partial charge in [-0.25, -0.2) is 0 Å². The van der Waals surface area contributed by atoms with Crippen LogP contribution in [0.25, 0.3) is 0 Å². The maximum Gasteiger partial charge on any atom is 0.231 e. The van der Waals surface area contributed by atoms with Crippen LogP contribution in [0.5, 0.6) is 0 Å². The molecule has 2 nitrogen and oxygen atoms in total. The Morgan fingerprint density at radius 2 is 1.62 bits per heavy atom. The number of hydrogen-bond donors (Lipinski definition) is 1. The zero-order chi connectivity index (χ0) is 15.1. The Morgan fingerprint density at radius 1 is 1.05 bits per heavy atom. The Balaban J connectivity index is 1.97. The van der Waals surface area contributed by atoms with Crippen molar-refractivity contribution in [2.24, 2.45) is 0 Å². The van der Waals surface area contributed by atoms with Crippen molar-refractivity contribution in [2.75, 3.05) is 5.75 Å². The van der Waals surface area contributed by atoms with Gasteiger partial charge in [-0.3, -0.25) is 4.79 Å². The second kappa shape index (κ2) is 7.32. The van der Waals surface area contributed by atoms with Gasteiger partial charge in [0, 0.05) is 4.90 Å². The van der Waals surface area contributed by atoms with E-state index in [4.69, 9.17) is 0 Å². The second-order valence-electron chi connectivity index (χ2n) is 5.20. The molecule has 21 heavy (non-hydrogen) atoms. The first-order chi connectivity index (χ1) is 10.1. The number of carbonyl (C=O) groups excluding carboxylic acids is 1. The maximum atomic E-state index is 12.2. The Morgan fingerprint density at radius 3 is 2.19 bits per heavy atom. The second-order valence-corrected chi connectivity index (χ2v) is 6.25. The van der Waals surface area contributed by atoms with Gasteiger partial charge >= 0.3 is 0 Å². The Hall–Kier alpha value is -1.74. The lowest BCUT2D eigenvalue weighted by molar-refractivity contribution is -0.120. The first-order valence-electron chi connectivity index (χ1n) is 7.18. The molecule has 3 heteroatoms. The van der Waals surface area contributed by atoms with Crippen LogP contribution in [-0.2, 0) is 10.3 Å². The predicted octanol–water partition coefficient (Wildman–Crippen LogP) is 4.22. The Bertz CT molecular complexity index is 570. The topological polar surface area (TPSA) is 29.1 Å². The maximum absolute atomic E-state index is 12.2. The van der Waals surface area contributed by atoms with E-state index in [2.05, 4.69) is 31.3 Å². The van der Waals surface area contributed by atoms with Gasteiger partial charge in [0.15, 0.2) is 0 Å². The molecule has 0 aliphatic heterocycles. The first kappa shape index (κ1) is 15.6. The van der Waals surface area contributed by atoms with Gasteiger partial charge in [-0.1, -0.05) is 55.5 Å². The van der Waals surface area contributed by atoms with E-state index >= 15 is 0 Å². The fourth-order valence-electron chi connectivity index (χ4n) is 2.18. The van der Waals surface area contributed by atoms with Crippen molar-refractivity contribution in [2.45, 2.75) is 30.7 Å². The smallest absolute Gasteiger partial charge is 0.231 e. The number of thioether (sulfide) groups is 1. The van der Waals surface area contributed by atoms with E-state index in [9.17, 15) is 4.79 Å². The average molecular weight is 299 g/mol. The molecule has 0 spiro atoms. The van der Waals surface area contributed by atoms with Gasteiger partial charge in [0.05, 0.1) is 11.3 Å². The molecule has 0 fully saturated rings. The lowest BCUT2D eigenvalue weighted by atomic mass is 9.89. The standard InChI is InChI=1S/C18H21NOS/c1-3-18(2,15-10-6-4-7-11-15)19-17(20)14-21-16-12-8-5-9-13-16/h4-13H,3,14H2,1-2H3,(H,19,20). The molecular formula is C18H21NOS. The molecule has 2 aromatic rings.